The molecule has 0 unspecified atom stereocenters. The Hall–Kier alpha value is -0.790. The van der Waals surface area contributed by atoms with E-state index in [0.29, 0.717) is 11.8 Å². The number of unbranched alkanes of at least 4 members (excludes halogenated alkanes) is 10. The number of allylic oxidation sites excluding steroid dienone is 2. The molecule has 1 N–H and O–H groups in total. The van der Waals surface area contributed by atoms with Crippen molar-refractivity contribution in [3.8, 4) is 0 Å². The minimum Gasteiger partial charge on any atom is -0.481 e. The molecule has 0 aliphatic heterocycles. The Morgan fingerprint density at radius 3 is 1.61 bits per heavy atom. The van der Waals surface area contributed by atoms with Gasteiger partial charge >= 0.3 is 5.97 Å². The third-order valence-corrected chi connectivity index (χ3v) is 5.72. The second-order valence-electron chi connectivity index (χ2n) is 9.76. The summed E-state index contributed by atoms with van der Waals surface area (Å²) in [5.74, 6) is 0.297. The van der Waals surface area contributed by atoms with Crippen LogP contribution < -0.4 is 0 Å². The summed E-state index contributed by atoms with van der Waals surface area (Å²) in [4.78, 5) is 12.0. The molecule has 0 amide bonds. The van der Waals surface area contributed by atoms with E-state index in [1.54, 1.807) is 0 Å². The van der Waals surface area contributed by atoms with Gasteiger partial charge in [-0.3, -0.25) is 4.79 Å². The van der Waals surface area contributed by atoms with Crippen molar-refractivity contribution >= 4 is 5.97 Å². The Kier molecular flexibility index (Phi) is 16.6. The number of rotatable bonds is 19. The van der Waals surface area contributed by atoms with Gasteiger partial charge in [0.2, 0.25) is 0 Å². The van der Waals surface area contributed by atoms with E-state index in [-0.39, 0.29) is 0 Å². The Balaban J connectivity index is 3.93. The van der Waals surface area contributed by atoms with Gasteiger partial charge in [-0.2, -0.15) is 0 Å². The molecule has 0 saturated heterocycles. The summed E-state index contributed by atoms with van der Waals surface area (Å²) < 4.78 is 0. The zero-order valence-corrected chi connectivity index (χ0v) is 19.8. The number of hydrogen-bond donors (Lipinski definition) is 1. The fourth-order valence-electron chi connectivity index (χ4n) is 4.49. The van der Waals surface area contributed by atoms with Crippen LogP contribution in [0.3, 0.4) is 0 Å². The Labute approximate surface area is 176 Å². The van der Waals surface area contributed by atoms with Crippen LogP contribution in [0, 0.1) is 17.3 Å². The third-order valence-electron chi connectivity index (χ3n) is 5.72. The third kappa shape index (κ3) is 14.2. The zero-order chi connectivity index (χ0) is 21.3. The smallest absolute Gasteiger partial charge is 0.309 e. The topological polar surface area (TPSA) is 37.3 Å². The fraction of sp³-hybridized carbons (Fsp3) is 0.885. The van der Waals surface area contributed by atoms with E-state index in [1.165, 1.54) is 64.2 Å². The summed E-state index contributed by atoms with van der Waals surface area (Å²) in [5.41, 5.74) is -0.515. The monoisotopic (exact) mass is 394 g/mol. The van der Waals surface area contributed by atoms with Gasteiger partial charge in [0, 0.05) is 0 Å². The van der Waals surface area contributed by atoms with Crippen molar-refractivity contribution in [2.45, 2.75) is 131 Å². The predicted molar refractivity (Wildman–Crippen MR) is 124 cm³/mol. The van der Waals surface area contributed by atoms with Crippen molar-refractivity contribution in [1.82, 2.24) is 0 Å². The van der Waals surface area contributed by atoms with E-state index in [2.05, 4.69) is 46.8 Å². The standard InChI is InChI=1S/C26H50O2/c1-6-7-8-9-10-11-12-13-14-15-16-17-18-19-20-26(25(27)28,21-23(2)3)22-24(4)5/h13-14,23-24H,6-12,15-22H2,1-5H3,(H,27,28)/b14-13-. The predicted octanol–water partition coefficient (Wildman–Crippen LogP) is 8.80. The number of carboxylic acid groups (broad SMARTS) is 1. The molecular weight excluding hydrogens is 344 g/mol. The van der Waals surface area contributed by atoms with Gasteiger partial charge in [0.1, 0.15) is 0 Å². The molecule has 0 aromatic heterocycles. The first kappa shape index (κ1) is 27.2. The second-order valence-corrected chi connectivity index (χ2v) is 9.76. The van der Waals surface area contributed by atoms with Crippen LogP contribution in [-0.4, -0.2) is 11.1 Å². The molecule has 0 saturated carbocycles. The molecule has 0 aromatic carbocycles. The first-order valence-corrected chi connectivity index (χ1v) is 12.2. The van der Waals surface area contributed by atoms with Crippen LogP contribution in [-0.2, 0) is 4.79 Å². The molecule has 0 aromatic rings. The van der Waals surface area contributed by atoms with Crippen LogP contribution in [0.15, 0.2) is 12.2 Å². The molecule has 28 heavy (non-hydrogen) atoms. The summed E-state index contributed by atoms with van der Waals surface area (Å²) in [6.45, 7) is 10.9. The van der Waals surface area contributed by atoms with E-state index >= 15 is 0 Å². The number of aliphatic carboxylic acids is 1. The maximum atomic E-state index is 12.0. The molecule has 0 heterocycles. The lowest BCUT2D eigenvalue weighted by atomic mass is 9.71. The van der Waals surface area contributed by atoms with E-state index in [4.69, 9.17) is 0 Å². The second kappa shape index (κ2) is 17.1. The average Bonchev–Trinajstić information content (AvgIpc) is 2.60. The molecule has 2 nitrogen and oxygen atoms in total. The molecule has 0 bridgehead atoms. The van der Waals surface area contributed by atoms with E-state index in [1.807, 2.05) is 0 Å². The highest BCUT2D eigenvalue weighted by Crippen LogP contribution is 2.39. The maximum absolute atomic E-state index is 12.0. The quantitative estimate of drug-likeness (QED) is 0.175. The minimum absolute atomic E-state index is 0.437. The van der Waals surface area contributed by atoms with Crippen molar-refractivity contribution in [3.05, 3.63) is 12.2 Å². The van der Waals surface area contributed by atoms with Crippen molar-refractivity contribution in [3.63, 3.8) is 0 Å². The summed E-state index contributed by atoms with van der Waals surface area (Å²) in [7, 11) is 0. The van der Waals surface area contributed by atoms with Crippen LogP contribution in [0.4, 0.5) is 0 Å². The van der Waals surface area contributed by atoms with E-state index in [9.17, 15) is 9.90 Å². The first-order chi connectivity index (χ1) is 13.3. The maximum Gasteiger partial charge on any atom is 0.309 e. The van der Waals surface area contributed by atoms with Crippen molar-refractivity contribution in [2.24, 2.45) is 17.3 Å². The molecule has 0 rings (SSSR count). The summed E-state index contributed by atoms with van der Waals surface area (Å²) >= 11 is 0. The van der Waals surface area contributed by atoms with Gasteiger partial charge in [-0.1, -0.05) is 98.1 Å². The molecule has 166 valence electrons. The normalized spacial score (nSPS) is 12.5. The van der Waals surface area contributed by atoms with Gasteiger partial charge in [0.15, 0.2) is 0 Å². The Morgan fingerprint density at radius 1 is 0.750 bits per heavy atom. The van der Waals surface area contributed by atoms with Crippen molar-refractivity contribution in [1.29, 1.82) is 0 Å². The number of carboxylic acids is 1. The minimum atomic E-state index is -0.576. The van der Waals surface area contributed by atoms with Crippen molar-refractivity contribution < 1.29 is 9.90 Å². The fourth-order valence-corrected chi connectivity index (χ4v) is 4.49. The average molecular weight is 395 g/mol. The molecule has 0 radical (unpaired) electrons. The molecular formula is C26H50O2. The van der Waals surface area contributed by atoms with Crippen molar-refractivity contribution in [2.75, 3.05) is 0 Å². The lowest BCUT2D eigenvalue weighted by Gasteiger charge is -2.33. The van der Waals surface area contributed by atoms with Gasteiger partial charge in [0.25, 0.3) is 0 Å². The van der Waals surface area contributed by atoms with Gasteiger partial charge in [0.05, 0.1) is 5.41 Å². The van der Waals surface area contributed by atoms with Crippen LogP contribution in [0.1, 0.15) is 131 Å². The molecule has 0 fully saturated rings. The molecule has 0 atom stereocenters. The van der Waals surface area contributed by atoms with Crippen LogP contribution >= 0.6 is 0 Å². The highest BCUT2D eigenvalue weighted by Gasteiger charge is 2.38. The SMILES string of the molecule is CCCCCCCC/C=C\CCCCCCC(CC(C)C)(CC(C)C)C(=O)O. The highest BCUT2D eigenvalue weighted by molar-refractivity contribution is 5.74. The summed E-state index contributed by atoms with van der Waals surface area (Å²) in [6, 6.07) is 0. The lowest BCUT2D eigenvalue weighted by molar-refractivity contribution is -0.152. The zero-order valence-electron chi connectivity index (χ0n) is 19.8. The molecule has 2 heteroatoms. The molecule has 0 aliphatic carbocycles. The van der Waals surface area contributed by atoms with Crippen LogP contribution in [0.2, 0.25) is 0 Å². The van der Waals surface area contributed by atoms with Crippen LogP contribution in [0.25, 0.3) is 0 Å². The van der Waals surface area contributed by atoms with Gasteiger partial charge < -0.3 is 5.11 Å². The molecule has 0 spiro atoms. The van der Waals surface area contributed by atoms with E-state index < -0.39 is 11.4 Å². The Bertz CT molecular complexity index is 385. The lowest BCUT2D eigenvalue weighted by Crippen LogP contribution is -2.34. The van der Waals surface area contributed by atoms with Gasteiger partial charge in [-0.15, -0.1) is 0 Å². The van der Waals surface area contributed by atoms with Crippen LogP contribution in [0.5, 0.6) is 0 Å². The largest absolute Gasteiger partial charge is 0.481 e. The Morgan fingerprint density at radius 2 is 1.18 bits per heavy atom. The summed E-state index contributed by atoms with van der Waals surface area (Å²) in [5, 5.41) is 9.92. The number of carbonyl (C=O) groups is 1. The van der Waals surface area contributed by atoms with Gasteiger partial charge in [-0.05, 0) is 56.8 Å². The van der Waals surface area contributed by atoms with Gasteiger partial charge in [-0.25, -0.2) is 0 Å². The molecule has 0 aliphatic rings. The first-order valence-electron chi connectivity index (χ1n) is 12.2. The summed E-state index contributed by atoms with van der Waals surface area (Å²) in [6.07, 6.45) is 22.5. The number of hydrogen-bond acceptors (Lipinski definition) is 1. The van der Waals surface area contributed by atoms with E-state index in [0.717, 1.165) is 32.1 Å². The highest BCUT2D eigenvalue weighted by atomic mass is 16.4.